The van der Waals surface area contributed by atoms with Crippen molar-refractivity contribution >= 4 is 29.5 Å². The van der Waals surface area contributed by atoms with Gasteiger partial charge in [0.2, 0.25) is 0 Å². The lowest BCUT2D eigenvalue weighted by Crippen LogP contribution is -2.10. The molecule has 0 spiro atoms. The van der Waals surface area contributed by atoms with Crippen LogP contribution in [-0.2, 0) is 16.5 Å². The molecule has 1 aromatic carbocycles. The number of hydrogen-bond donors (Lipinski definition) is 0. The molecular weight excluding hydrogens is 418 g/mol. The third-order valence-electron chi connectivity index (χ3n) is 4.86. The number of methoxy groups -OCH3 is 2. The van der Waals surface area contributed by atoms with Crippen LogP contribution in [0.15, 0.2) is 41.8 Å². The second-order valence-corrected chi connectivity index (χ2v) is 7.85. The molecule has 0 atom stereocenters. The Labute approximate surface area is 184 Å². The van der Waals surface area contributed by atoms with E-state index in [-0.39, 0.29) is 22.7 Å². The van der Waals surface area contributed by atoms with Crippen LogP contribution in [0.25, 0.3) is 5.69 Å². The Kier molecular flexibility index (Phi) is 6.65. The van der Waals surface area contributed by atoms with E-state index in [9.17, 15) is 14.4 Å². The van der Waals surface area contributed by atoms with Crippen LogP contribution in [0, 0.1) is 13.8 Å². The summed E-state index contributed by atoms with van der Waals surface area (Å²) in [6, 6.07) is 6.47. The zero-order valence-electron chi connectivity index (χ0n) is 18.0. The number of nitrogens with zero attached hydrogens (tertiary/aromatic N) is 3. The van der Waals surface area contributed by atoms with Crippen molar-refractivity contribution < 1.29 is 23.9 Å². The largest absolute Gasteiger partial charge is 0.465 e. The van der Waals surface area contributed by atoms with E-state index in [0.29, 0.717) is 16.9 Å². The molecule has 0 saturated carbocycles. The van der Waals surface area contributed by atoms with Crippen LogP contribution in [0.2, 0.25) is 0 Å². The van der Waals surface area contributed by atoms with Gasteiger partial charge in [-0.3, -0.25) is 4.79 Å². The van der Waals surface area contributed by atoms with Gasteiger partial charge in [0.15, 0.2) is 10.9 Å². The van der Waals surface area contributed by atoms with Gasteiger partial charge in [0.05, 0.1) is 31.1 Å². The fourth-order valence-corrected chi connectivity index (χ4v) is 4.17. The third kappa shape index (κ3) is 4.56. The quantitative estimate of drug-likeness (QED) is 0.315. The number of carbonyl (C=O) groups is 3. The maximum atomic E-state index is 12.9. The molecule has 9 heteroatoms. The van der Waals surface area contributed by atoms with E-state index >= 15 is 0 Å². The maximum absolute atomic E-state index is 12.9. The van der Waals surface area contributed by atoms with Crippen molar-refractivity contribution in [2.45, 2.75) is 19.0 Å². The lowest BCUT2D eigenvalue weighted by molar-refractivity contribution is 0.0599. The number of imidazole rings is 1. The van der Waals surface area contributed by atoms with Crippen molar-refractivity contribution in [3.8, 4) is 5.69 Å². The maximum Gasteiger partial charge on any atom is 0.337 e. The Bertz CT molecular complexity index is 1130. The Morgan fingerprint density at radius 1 is 1.00 bits per heavy atom. The second kappa shape index (κ2) is 9.22. The SMILES string of the molecule is COC(=O)c1cc(C(=O)OC)cc(-n2c(C)cc(C(=O)CSc3nccn3C)c2C)c1. The van der Waals surface area contributed by atoms with Gasteiger partial charge in [-0.2, -0.15) is 0 Å². The Hall–Kier alpha value is -3.33. The lowest BCUT2D eigenvalue weighted by atomic mass is 10.1. The predicted molar refractivity (Wildman–Crippen MR) is 116 cm³/mol. The molecular formula is C22H23N3O5S. The average molecular weight is 442 g/mol. The smallest absolute Gasteiger partial charge is 0.337 e. The van der Waals surface area contributed by atoms with E-state index in [1.807, 2.05) is 36.2 Å². The molecule has 31 heavy (non-hydrogen) atoms. The highest BCUT2D eigenvalue weighted by Crippen LogP contribution is 2.25. The summed E-state index contributed by atoms with van der Waals surface area (Å²) in [7, 11) is 4.42. The summed E-state index contributed by atoms with van der Waals surface area (Å²) >= 11 is 1.37. The van der Waals surface area contributed by atoms with Crippen LogP contribution in [-0.4, -0.2) is 51.8 Å². The first-order valence-electron chi connectivity index (χ1n) is 9.41. The molecule has 3 rings (SSSR count). The molecule has 8 nitrogen and oxygen atoms in total. The Morgan fingerprint density at radius 2 is 1.61 bits per heavy atom. The number of ketones is 1. The van der Waals surface area contributed by atoms with Gasteiger partial charge in [0.25, 0.3) is 0 Å². The minimum absolute atomic E-state index is 0.0373. The highest BCUT2D eigenvalue weighted by atomic mass is 32.2. The molecule has 3 aromatic rings. The summed E-state index contributed by atoms with van der Waals surface area (Å²) in [5, 5.41) is 0.760. The number of aryl methyl sites for hydroxylation is 2. The van der Waals surface area contributed by atoms with Crippen molar-refractivity contribution in [1.82, 2.24) is 14.1 Å². The first-order valence-corrected chi connectivity index (χ1v) is 10.4. The number of rotatable bonds is 7. The zero-order valence-corrected chi connectivity index (χ0v) is 18.8. The van der Waals surface area contributed by atoms with E-state index in [4.69, 9.17) is 9.47 Å². The van der Waals surface area contributed by atoms with Crippen molar-refractivity contribution in [3.63, 3.8) is 0 Å². The topological polar surface area (TPSA) is 92.4 Å². The highest BCUT2D eigenvalue weighted by molar-refractivity contribution is 7.99. The molecule has 0 N–H and O–H groups in total. The van der Waals surface area contributed by atoms with Gasteiger partial charge < -0.3 is 18.6 Å². The second-order valence-electron chi connectivity index (χ2n) is 6.90. The number of carbonyl (C=O) groups excluding carboxylic acids is 3. The first-order chi connectivity index (χ1) is 14.8. The highest BCUT2D eigenvalue weighted by Gasteiger charge is 2.20. The summed E-state index contributed by atoms with van der Waals surface area (Å²) < 4.78 is 13.3. The first kappa shape index (κ1) is 22.4. The number of thioether (sulfide) groups is 1. The van der Waals surface area contributed by atoms with E-state index < -0.39 is 11.9 Å². The number of hydrogen-bond acceptors (Lipinski definition) is 7. The van der Waals surface area contributed by atoms with Crippen LogP contribution in [0.4, 0.5) is 0 Å². The molecule has 0 fully saturated rings. The van der Waals surface area contributed by atoms with Crippen LogP contribution in [0.3, 0.4) is 0 Å². The van der Waals surface area contributed by atoms with Gasteiger partial charge in [0.1, 0.15) is 0 Å². The van der Waals surface area contributed by atoms with Gasteiger partial charge >= 0.3 is 11.9 Å². The number of esters is 2. The summed E-state index contributed by atoms with van der Waals surface area (Å²) in [5.74, 6) is -0.941. The van der Waals surface area contributed by atoms with Gasteiger partial charge in [0, 0.05) is 42.1 Å². The molecule has 0 aliphatic rings. The van der Waals surface area contributed by atoms with E-state index in [1.54, 1.807) is 24.4 Å². The van der Waals surface area contributed by atoms with Gasteiger partial charge in [-0.25, -0.2) is 14.6 Å². The summed E-state index contributed by atoms with van der Waals surface area (Å²) in [4.78, 5) is 41.4. The van der Waals surface area contributed by atoms with Crippen LogP contribution < -0.4 is 0 Å². The minimum Gasteiger partial charge on any atom is -0.465 e. The molecule has 2 aromatic heterocycles. The third-order valence-corrected chi connectivity index (χ3v) is 5.92. The summed E-state index contributed by atoms with van der Waals surface area (Å²) in [6.45, 7) is 3.69. The standard InChI is InChI=1S/C22H23N3O5S/c1-13-8-18(19(26)12-31-22-23-6-7-24(22)3)14(2)25(13)17-10-15(20(27)29-4)9-16(11-17)21(28)30-5/h6-11H,12H2,1-5H3. The molecule has 0 unspecified atom stereocenters. The van der Waals surface area contributed by atoms with Crippen LogP contribution in [0.1, 0.15) is 42.5 Å². The molecule has 0 aliphatic carbocycles. The summed E-state index contributed by atoms with van der Waals surface area (Å²) in [6.07, 6.45) is 3.51. The fraction of sp³-hybridized carbons (Fsp3) is 0.273. The fourth-order valence-electron chi connectivity index (χ4n) is 3.35. The minimum atomic E-state index is -0.572. The molecule has 2 heterocycles. The Balaban J connectivity index is 1.99. The molecule has 0 radical (unpaired) electrons. The van der Waals surface area contributed by atoms with Crippen molar-refractivity contribution in [2.75, 3.05) is 20.0 Å². The molecule has 0 amide bonds. The van der Waals surface area contributed by atoms with Crippen molar-refractivity contribution in [1.29, 1.82) is 0 Å². The van der Waals surface area contributed by atoms with Gasteiger partial charge in [-0.15, -0.1) is 0 Å². The van der Waals surface area contributed by atoms with Gasteiger partial charge in [-0.05, 0) is 38.1 Å². The number of Topliss-reactive ketones (excluding diaryl/α,β-unsaturated/α-hetero) is 1. The van der Waals surface area contributed by atoms with Crippen LogP contribution >= 0.6 is 11.8 Å². The van der Waals surface area contributed by atoms with Crippen LogP contribution in [0.5, 0.6) is 0 Å². The molecule has 0 saturated heterocycles. The van der Waals surface area contributed by atoms with E-state index in [0.717, 1.165) is 10.9 Å². The lowest BCUT2D eigenvalue weighted by Gasteiger charge is -2.13. The average Bonchev–Trinajstić information content (AvgIpc) is 3.31. The molecule has 0 bridgehead atoms. The summed E-state index contributed by atoms with van der Waals surface area (Å²) in [5.41, 5.74) is 3.06. The van der Waals surface area contributed by atoms with E-state index in [1.165, 1.54) is 32.0 Å². The zero-order chi connectivity index (χ0) is 22.7. The molecule has 0 aliphatic heterocycles. The van der Waals surface area contributed by atoms with Gasteiger partial charge in [-0.1, -0.05) is 11.8 Å². The molecule has 162 valence electrons. The van der Waals surface area contributed by atoms with Crippen molar-refractivity contribution in [3.05, 3.63) is 64.7 Å². The number of aromatic nitrogens is 3. The number of ether oxygens (including phenoxy) is 2. The number of benzene rings is 1. The predicted octanol–water partition coefficient (Wildman–Crippen LogP) is 3.38. The van der Waals surface area contributed by atoms with Crippen molar-refractivity contribution in [2.24, 2.45) is 7.05 Å². The Morgan fingerprint density at radius 3 is 2.13 bits per heavy atom. The van der Waals surface area contributed by atoms with E-state index in [2.05, 4.69) is 4.98 Å². The normalized spacial score (nSPS) is 10.7. The monoisotopic (exact) mass is 441 g/mol.